The highest BCUT2D eigenvalue weighted by Gasteiger charge is 2.35. The van der Waals surface area contributed by atoms with Gasteiger partial charge in [-0.3, -0.25) is 9.69 Å². The highest BCUT2D eigenvalue weighted by molar-refractivity contribution is 7.92. The first kappa shape index (κ1) is 31.1. The van der Waals surface area contributed by atoms with Gasteiger partial charge in [-0.15, -0.1) is 0 Å². The lowest BCUT2D eigenvalue weighted by Crippen LogP contribution is -2.23. The van der Waals surface area contributed by atoms with E-state index >= 15 is 0 Å². The van der Waals surface area contributed by atoms with Gasteiger partial charge in [0, 0.05) is 13.1 Å². The van der Waals surface area contributed by atoms with Crippen molar-refractivity contribution in [2.24, 2.45) is 0 Å². The fourth-order valence-electron chi connectivity index (χ4n) is 4.98. The van der Waals surface area contributed by atoms with Crippen LogP contribution in [0.25, 0.3) is 11.1 Å². The third-order valence-electron chi connectivity index (χ3n) is 7.42. The molecule has 0 aliphatic heterocycles. The smallest absolute Gasteiger partial charge is 0.449 e. The molecule has 6 nitrogen and oxygen atoms in total. The molecule has 0 amide bonds. The summed E-state index contributed by atoms with van der Waals surface area (Å²) in [6.45, 7) is 9.26. The molecule has 4 aromatic rings. The molecule has 0 aliphatic rings. The molecule has 42 heavy (non-hydrogen) atoms. The van der Waals surface area contributed by atoms with Crippen molar-refractivity contribution in [3.63, 3.8) is 0 Å². The van der Waals surface area contributed by atoms with Crippen molar-refractivity contribution in [3.8, 4) is 11.1 Å². The number of carbonyl (C=O) groups is 1. The topological polar surface area (TPSA) is 87.8 Å². The van der Waals surface area contributed by atoms with Gasteiger partial charge in [0.2, 0.25) is 5.76 Å². The Bertz CT molecular complexity index is 1710. The molecule has 0 bridgehead atoms. The average molecular weight is 600 g/mol. The van der Waals surface area contributed by atoms with Crippen molar-refractivity contribution < 1.29 is 35.9 Å². The van der Waals surface area contributed by atoms with Crippen LogP contribution >= 0.6 is 0 Å². The number of aliphatic carboxylic acids is 1. The number of alkyl halides is 3. The first-order chi connectivity index (χ1) is 19.6. The number of hydrogen-bond acceptors (Lipinski definition) is 5. The third kappa shape index (κ3) is 7.30. The quantitative estimate of drug-likeness (QED) is 0.207. The summed E-state index contributed by atoms with van der Waals surface area (Å²) in [4.78, 5) is 12.9. The van der Waals surface area contributed by atoms with Gasteiger partial charge in [0.15, 0.2) is 15.6 Å². The minimum Gasteiger partial charge on any atom is -0.480 e. The lowest BCUT2D eigenvalue weighted by molar-refractivity contribution is -0.153. The molecule has 0 unspecified atom stereocenters. The van der Waals surface area contributed by atoms with Crippen LogP contribution < -0.4 is 0 Å². The van der Waals surface area contributed by atoms with Crippen molar-refractivity contribution in [1.82, 2.24) is 4.90 Å². The molecule has 0 aliphatic carbocycles. The maximum absolute atomic E-state index is 13.2. The highest BCUT2D eigenvalue weighted by Crippen LogP contribution is 2.32. The predicted octanol–water partition coefficient (Wildman–Crippen LogP) is 7.26. The second-order valence-corrected chi connectivity index (χ2v) is 12.5. The van der Waals surface area contributed by atoms with Gasteiger partial charge in [0.25, 0.3) is 0 Å². The number of rotatable bonds is 10. The van der Waals surface area contributed by atoms with E-state index in [2.05, 4.69) is 26.8 Å². The Morgan fingerprint density at radius 3 is 2.14 bits per heavy atom. The minimum atomic E-state index is -4.57. The average Bonchev–Trinajstić information content (AvgIpc) is 3.39. The van der Waals surface area contributed by atoms with Crippen LogP contribution in [0.3, 0.4) is 0 Å². The van der Waals surface area contributed by atoms with E-state index in [-0.39, 0.29) is 17.2 Å². The zero-order chi connectivity index (χ0) is 30.8. The summed E-state index contributed by atoms with van der Waals surface area (Å²) in [6.07, 6.45) is -4.57. The van der Waals surface area contributed by atoms with E-state index in [4.69, 9.17) is 9.52 Å². The first-order valence-corrected chi connectivity index (χ1v) is 14.9. The highest BCUT2D eigenvalue weighted by atomic mass is 32.2. The maximum Gasteiger partial charge on any atom is 0.449 e. The molecule has 0 fully saturated rings. The molecule has 0 spiro atoms. The van der Waals surface area contributed by atoms with Crippen LogP contribution in [0.1, 0.15) is 44.9 Å². The number of carboxylic acids is 1. The standard InChI is InChI=1S/C32H32F3NO5S/c1-20-14-21(2)29(23(4)22(20)3)18-36(17-27-12-13-30(41-27)32(33,34)35)16-24-8-10-25(11-9-24)26-6-5-7-28(15-26)42(39,40)19-31(37)38/h5-15H,16-19H2,1-4H3,(H,37,38). The number of sulfone groups is 1. The van der Waals surface area contributed by atoms with Gasteiger partial charge in [0.1, 0.15) is 5.76 Å². The molecule has 10 heteroatoms. The van der Waals surface area contributed by atoms with E-state index in [1.54, 1.807) is 12.1 Å². The number of aryl methyl sites for hydroxylation is 2. The summed E-state index contributed by atoms with van der Waals surface area (Å²) >= 11 is 0. The number of nitrogens with zero attached hydrogens (tertiary/aromatic N) is 1. The van der Waals surface area contributed by atoms with E-state index in [0.717, 1.165) is 33.9 Å². The van der Waals surface area contributed by atoms with Gasteiger partial charge >= 0.3 is 12.1 Å². The molecule has 1 aromatic heterocycles. The van der Waals surface area contributed by atoms with Crippen LogP contribution in [0, 0.1) is 27.7 Å². The second-order valence-electron chi connectivity index (χ2n) is 10.5. The molecule has 4 rings (SSSR count). The monoisotopic (exact) mass is 599 g/mol. The van der Waals surface area contributed by atoms with Crippen molar-refractivity contribution >= 4 is 15.8 Å². The number of furan rings is 1. The summed E-state index contributed by atoms with van der Waals surface area (Å²) in [5.74, 6) is -3.25. The Morgan fingerprint density at radius 2 is 1.52 bits per heavy atom. The lowest BCUT2D eigenvalue weighted by atomic mass is 9.94. The summed E-state index contributed by atoms with van der Waals surface area (Å²) in [6, 6.07) is 17.9. The zero-order valence-corrected chi connectivity index (χ0v) is 24.6. The Balaban J connectivity index is 1.61. The van der Waals surface area contributed by atoms with Gasteiger partial charge < -0.3 is 9.52 Å². The molecule has 0 atom stereocenters. The molecule has 0 saturated heterocycles. The van der Waals surface area contributed by atoms with Crippen LogP contribution in [-0.2, 0) is 40.4 Å². The van der Waals surface area contributed by atoms with Crippen LogP contribution in [0.15, 0.2) is 76.0 Å². The molecular formula is C32H32F3NO5S. The van der Waals surface area contributed by atoms with E-state index in [1.807, 2.05) is 36.1 Å². The van der Waals surface area contributed by atoms with Crippen molar-refractivity contribution in [1.29, 1.82) is 0 Å². The van der Waals surface area contributed by atoms with E-state index in [9.17, 15) is 26.4 Å². The first-order valence-electron chi connectivity index (χ1n) is 13.2. The largest absolute Gasteiger partial charge is 0.480 e. The number of hydrogen-bond donors (Lipinski definition) is 1. The lowest BCUT2D eigenvalue weighted by Gasteiger charge is -2.25. The summed E-state index contributed by atoms with van der Waals surface area (Å²) in [5, 5.41) is 8.94. The fourth-order valence-corrected chi connectivity index (χ4v) is 6.07. The van der Waals surface area contributed by atoms with Gasteiger partial charge in [-0.1, -0.05) is 42.5 Å². The van der Waals surface area contributed by atoms with Crippen molar-refractivity contribution in [2.75, 3.05) is 5.75 Å². The van der Waals surface area contributed by atoms with Crippen molar-refractivity contribution in [2.45, 2.75) is 58.4 Å². The molecular weight excluding hydrogens is 567 g/mol. The Labute approximate surface area is 243 Å². The molecule has 3 aromatic carbocycles. The van der Waals surface area contributed by atoms with E-state index < -0.39 is 33.5 Å². The predicted molar refractivity (Wildman–Crippen MR) is 154 cm³/mol. The van der Waals surface area contributed by atoms with E-state index in [0.29, 0.717) is 18.7 Å². The number of carboxylic acid groups (broad SMARTS) is 1. The molecule has 0 radical (unpaired) electrons. The molecule has 1 heterocycles. The number of halogens is 3. The van der Waals surface area contributed by atoms with Crippen LogP contribution in [0.4, 0.5) is 13.2 Å². The minimum absolute atomic E-state index is 0.0755. The van der Waals surface area contributed by atoms with Crippen LogP contribution in [0.5, 0.6) is 0 Å². The third-order valence-corrected chi connectivity index (χ3v) is 9.02. The fraction of sp³-hybridized carbons (Fsp3) is 0.281. The van der Waals surface area contributed by atoms with Gasteiger partial charge in [-0.25, -0.2) is 8.42 Å². The second kappa shape index (κ2) is 12.1. The SMILES string of the molecule is Cc1cc(C)c(CN(Cc2ccc(-c3cccc(S(=O)(=O)CC(=O)O)c3)cc2)Cc2ccc(C(F)(F)F)o2)c(C)c1C. The summed E-state index contributed by atoms with van der Waals surface area (Å²) in [7, 11) is -3.98. The van der Waals surface area contributed by atoms with Crippen molar-refractivity contribution in [3.05, 3.63) is 112 Å². The summed E-state index contributed by atoms with van der Waals surface area (Å²) in [5.41, 5.74) is 7.94. The van der Waals surface area contributed by atoms with Gasteiger partial charge in [-0.05, 0) is 96.5 Å². The summed E-state index contributed by atoms with van der Waals surface area (Å²) < 4.78 is 69.5. The van der Waals surface area contributed by atoms with Gasteiger partial charge in [-0.2, -0.15) is 13.2 Å². The molecule has 222 valence electrons. The Kier molecular flexibility index (Phi) is 8.98. The molecule has 0 saturated carbocycles. The van der Waals surface area contributed by atoms with Gasteiger partial charge in [0.05, 0.1) is 11.4 Å². The van der Waals surface area contributed by atoms with Crippen LogP contribution in [0.2, 0.25) is 0 Å². The Hall–Kier alpha value is -3.89. The number of benzene rings is 3. The maximum atomic E-state index is 13.2. The molecule has 1 N–H and O–H groups in total. The van der Waals surface area contributed by atoms with Crippen LogP contribution in [-0.4, -0.2) is 30.1 Å². The normalized spacial score (nSPS) is 12.2. The zero-order valence-electron chi connectivity index (χ0n) is 23.7. The Morgan fingerprint density at radius 1 is 0.833 bits per heavy atom. The van der Waals surface area contributed by atoms with E-state index in [1.165, 1.54) is 29.3 Å².